The van der Waals surface area contributed by atoms with Gasteiger partial charge in [0.05, 0.1) is 6.61 Å². The third-order valence-electron chi connectivity index (χ3n) is 1.49. The van der Waals surface area contributed by atoms with Gasteiger partial charge in [-0.15, -0.1) is 0 Å². The van der Waals surface area contributed by atoms with E-state index in [9.17, 15) is 18.0 Å². The van der Waals surface area contributed by atoms with Crippen LogP contribution in [0.2, 0.25) is 0 Å². The molecular formula is C7H14N2O6S. The van der Waals surface area contributed by atoms with E-state index < -0.39 is 28.8 Å². The van der Waals surface area contributed by atoms with Crippen LogP contribution in [0.1, 0.15) is 13.8 Å². The molecule has 0 saturated carbocycles. The summed E-state index contributed by atoms with van der Waals surface area (Å²) >= 11 is 0. The average molecular weight is 254 g/mol. The van der Waals surface area contributed by atoms with Gasteiger partial charge in [-0.1, -0.05) is 6.92 Å². The van der Waals surface area contributed by atoms with Gasteiger partial charge in [-0.25, -0.2) is 9.52 Å². The van der Waals surface area contributed by atoms with E-state index in [0.29, 0.717) is 4.31 Å². The molecular weight excluding hydrogens is 240 g/mol. The number of aliphatic carboxylic acids is 1. The van der Waals surface area contributed by atoms with Gasteiger partial charge in [0, 0.05) is 6.54 Å². The minimum absolute atomic E-state index is 0.0202. The van der Waals surface area contributed by atoms with Gasteiger partial charge < -0.3 is 9.84 Å². The molecule has 0 radical (unpaired) electrons. The van der Waals surface area contributed by atoms with Crippen LogP contribution < -0.4 is 4.72 Å². The molecule has 0 rings (SSSR count). The highest BCUT2D eigenvalue weighted by Gasteiger charge is 2.25. The average Bonchev–Trinajstić information content (AvgIpc) is 2.12. The maximum absolute atomic E-state index is 11.4. The topological polar surface area (TPSA) is 113 Å². The molecule has 94 valence electrons. The molecule has 2 N–H and O–H groups in total. The Kier molecular flexibility index (Phi) is 5.75. The summed E-state index contributed by atoms with van der Waals surface area (Å²) in [5.41, 5.74) is 0. The van der Waals surface area contributed by atoms with Crippen LogP contribution in [0.5, 0.6) is 0 Å². The highest BCUT2D eigenvalue weighted by molar-refractivity contribution is 7.87. The fourth-order valence-corrected chi connectivity index (χ4v) is 1.87. The molecule has 0 heterocycles. The first kappa shape index (κ1) is 14.6. The number of carboxylic acid groups (broad SMARTS) is 1. The van der Waals surface area contributed by atoms with Crippen LogP contribution in [0.3, 0.4) is 0 Å². The number of amides is 1. The van der Waals surface area contributed by atoms with Crippen molar-refractivity contribution in [1.82, 2.24) is 9.03 Å². The Morgan fingerprint density at radius 2 is 1.94 bits per heavy atom. The normalized spacial score (nSPS) is 11.2. The molecule has 0 bridgehead atoms. The molecule has 9 heteroatoms. The van der Waals surface area contributed by atoms with Crippen LogP contribution in [0.4, 0.5) is 4.79 Å². The van der Waals surface area contributed by atoms with Crippen molar-refractivity contribution in [2.45, 2.75) is 13.8 Å². The number of carbonyl (C=O) groups excluding carboxylic acids is 1. The summed E-state index contributed by atoms with van der Waals surface area (Å²) in [6.45, 7) is 2.20. The van der Waals surface area contributed by atoms with Crippen LogP contribution in [0.25, 0.3) is 0 Å². The number of nitrogens with zero attached hydrogens (tertiary/aromatic N) is 1. The molecule has 16 heavy (non-hydrogen) atoms. The predicted molar refractivity (Wildman–Crippen MR) is 54.0 cm³/mol. The van der Waals surface area contributed by atoms with Crippen molar-refractivity contribution in [2.24, 2.45) is 0 Å². The molecule has 0 aromatic carbocycles. The number of hydrogen-bond donors (Lipinski definition) is 2. The van der Waals surface area contributed by atoms with Crippen molar-refractivity contribution in [3.05, 3.63) is 0 Å². The van der Waals surface area contributed by atoms with E-state index in [1.54, 1.807) is 4.72 Å². The lowest BCUT2D eigenvalue weighted by Crippen LogP contribution is -2.45. The molecule has 0 unspecified atom stereocenters. The monoisotopic (exact) mass is 254 g/mol. The molecule has 0 aromatic rings. The van der Waals surface area contributed by atoms with Gasteiger partial charge in [0.1, 0.15) is 6.54 Å². The zero-order chi connectivity index (χ0) is 12.8. The second kappa shape index (κ2) is 6.28. The Morgan fingerprint density at radius 3 is 2.31 bits per heavy atom. The lowest BCUT2D eigenvalue weighted by molar-refractivity contribution is -0.137. The number of carbonyl (C=O) groups is 2. The Labute approximate surface area is 93.4 Å². The van der Waals surface area contributed by atoms with Gasteiger partial charge in [-0.3, -0.25) is 4.79 Å². The fraction of sp³-hybridized carbons (Fsp3) is 0.714. The highest BCUT2D eigenvalue weighted by Crippen LogP contribution is 1.97. The van der Waals surface area contributed by atoms with Gasteiger partial charge in [0.2, 0.25) is 0 Å². The summed E-state index contributed by atoms with van der Waals surface area (Å²) in [6, 6.07) is 0. The van der Waals surface area contributed by atoms with E-state index in [1.807, 2.05) is 0 Å². The maximum Gasteiger partial charge on any atom is 0.421 e. The molecule has 0 spiro atoms. The summed E-state index contributed by atoms with van der Waals surface area (Å²) in [5, 5.41) is 8.47. The summed E-state index contributed by atoms with van der Waals surface area (Å²) in [7, 11) is -4.16. The molecule has 0 aliphatic rings. The van der Waals surface area contributed by atoms with Crippen LogP contribution in [0, 0.1) is 0 Å². The first-order valence-electron chi connectivity index (χ1n) is 4.49. The quantitative estimate of drug-likeness (QED) is 0.653. The first-order valence-corrected chi connectivity index (χ1v) is 5.93. The molecule has 1 amide bonds. The highest BCUT2D eigenvalue weighted by atomic mass is 32.2. The van der Waals surface area contributed by atoms with E-state index in [4.69, 9.17) is 5.11 Å². The lowest BCUT2D eigenvalue weighted by atomic mass is 10.6. The van der Waals surface area contributed by atoms with Crippen molar-refractivity contribution in [3.8, 4) is 0 Å². The van der Waals surface area contributed by atoms with E-state index in [-0.39, 0.29) is 13.2 Å². The largest absolute Gasteiger partial charge is 0.480 e. The summed E-state index contributed by atoms with van der Waals surface area (Å²) < 4.78 is 29.4. The second-order valence-corrected chi connectivity index (χ2v) is 4.32. The summed E-state index contributed by atoms with van der Waals surface area (Å²) in [4.78, 5) is 21.3. The maximum atomic E-state index is 11.4. The van der Waals surface area contributed by atoms with E-state index >= 15 is 0 Å². The van der Waals surface area contributed by atoms with Crippen molar-refractivity contribution in [1.29, 1.82) is 0 Å². The Balaban J connectivity index is 4.61. The van der Waals surface area contributed by atoms with E-state index in [1.165, 1.54) is 13.8 Å². The SMILES string of the molecule is CCOC(=O)NS(=O)(=O)N(CC)CC(=O)O. The molecule has 0 aliphatic carbocycles. The van der Waals surface area contributed by atoms with Gasteiger partial charge in [0.15, 0.2) is 0 Å². The van der Waals surface area contributed by atoms with Crippen molar-refractivity contribution >= 4 is 22.3 Å². The number of carboxylic acids is 1. The number of likely N-dealkylation sites (N-methyl/N-ethyl adjacent to an activating group) is 1. The lowest BCUT2D eigenvalue weighted by Gasteiger charge is -2.17. The van der Waals surface area contributed by atoms with E-state index in [0.717, 1.165) is 0 Å². The zero-order valence-electron chi connectivity index (χ0n) is 8.97. The second-order valence-electron chi connectivity index (χ2n) is 2.65. The molecule has 0 atom stereocenters. The smallest absolute Gasteiger partial charge is 0.421 e. The van der Waals surface area contributed by atoms with Crippen LogP contribution >= 0.6 is 0 Å². The van der Waals surface area contributed by atoms with Crippen molar-refractivity contribution < 1.29 is 27.9 Å². The van der Waals surface area contributed by atoms with Crippen LogP contribution in [-0.4, -0.2) is 49.6 Å². The van der Waals surface area contributed by atoms with E-state index in [2.05, 4.69) is 4.74 Å². The molecule has 8 nitrogen and oxygen atoms in total. The molecule has 0 aliphatic heterocycles. The Morgan fingerprint density at radius 1 is 1.38 bits per heavy atom. The summed E-state index contributed by atoms with van der Waals surface area (Å²) in [5.74, 6) is -1.31. The fourth-order valence-electron chi connectivity index (χ4n) is 0.848. The Bertz CT molecular complexity index is 352. The molecule has 0 fully saturated rings. The van der Waals surface area contributed by atoms with Crippen LogP contribution in [-0.2, 0) is 19.7 Å². The van der Waals surface area contributed by atoms with Crippen molar-refractivity contribution in [2.75, 3.05) is 19.7 Å². The zero-order valence-corrected chi connectivity index (χ0v) is 9.78. The van der Waals surface area contributed by atoms with Gasteiger partial charge in [0.25, 0.3) is 0 Å². The number of rotatable bonds is 6. The number of ether oxygens (including phenoxy) is 1. The predicted octanol–water partition coefficient (Wildman–Crippen LogP) is -0.616. The van der Waals surface area contributed by atoms with Gasteiger partial charge in [-0.2, -0.15) is 12.7 Å². The number of nitrogens with one attached hydrogen (secondary N) is 1. The minimum Gasteiger partial charge on any atom is -0.480 e. The third-order valence-corrected chi connectivity index (χ3v) is 2.98. The standard InChI is InChI=1S/C7H14N2O6S/c1-3-9(5-6(10)11)16(13,14)8-7(12)15-4-2/h3-5H2,1-2H3,(H,8,12)(H,10,11). The van der Waals surface area contributed by atoms with Crippen molar-refractivity contribution in [3.63, 3.8) is 0 Å². The van der Waals surface area contributed by atoms with Gasteiger partial charge >= 0.3 is 22.3 Å². The minimum atomic E-state index is -4.16. The molecule has 0 aromatic heterocycles. The summed E-state index contributed by atoms with van der Waals surface area (Å²) in [6.07, 6.45) is -1.13. The Hall–Kier alpha value is -1.35. The number of hydrogen-bond acceptors (Lipinski definition) is 5. The van der Waals surface area contributed by atoms with Gasteiger partial charge in [-0.05, 0) is 6.92 Å². The van der Waals surface area contributed by atoms with Crippen LogP contribution in [0.15, 0.2) is 0 Å². The molecule has 0 saturated heterocycles. The first-order chi connectivity index (χ1) is 7.33. The third kappa shape index (κ3) is 4.94.